The first-order valence-corrected chi connectivity index (χ1v) is 7.55. The molecule has 0 unspecified atom stereocenters. The van der Waals surface area contributed by atoms with Crippen LogP contribution < -0.4 is 10.7 Å². The maximum Gasteiger partial charge on any atom is 0.344 e. The lowest BCUT2D eigenvalue weighted by molar-refractivity contribution is -0.139. The molecule has 2 N–H and O–H groups in total. The Labute approximate surface area is 138 Å². The highest BCUT2D eigenvalue weighted by atomic mass is 16.3. The Morgan fingerprint density at radius 2 is 1.96 bits per heavy atom. The van der Waals surface area contributed by atoms with Gasteiger partial charge in [0.25, 0.3) is 5.91 Å². The van der Waals surface area contributed by atoms with Crippen LogP contribution in [0.2, 0.25) is 0 Å². The Hall–Kier alpha value is -3.09. The van der Waals surface area contributed by atoms with Crippen LogP contribution in [0, 0.1) is 0 Å². The maximum atomic E-state index is 12.5. The average Bonchev–Trinajstić information content (AvgIpc) is 3.19. The lowest BCUT2D eigenvalue weighted by Gasteiger charge is -2.19. The minimum absolute atomic E-state index is 0.165. The molecule has 1 aromatic carbocycles. The van der Waals surface area contributed by atoms with E-state index in [9.17, 15) is 14.4 Å². The van der Waals surface area contributed by atoms with Gasteiger partial charge in [0.05, 0.1) is 6.26 Å². The fraction of sp³-hybridized carbons (Fsp3) is 0.235. The Kier molecular flexibility index (Phi) is 4.07. The van der Waals surface area contributed by atoms with Gasteiger partial charge in [-0.3, -0.25) is 15.0 Å². The molecule has 1 aromatic heterocycles. The molecule has 124 valence electrons. The average molecular weight is 327 g/mol. The van der Waals surface area contributed by atoms with Gasteiger partial charge in [0.15, 0.2) is 5.54 Å². The van der Waals surface area contributed by atoms with Gasteiger partial charge in [0.1, 0.15) is 5.76 Å². The molecule has 1 fully saturated rings. The van der Waals surface area contributed by atoms with Gasteiger partial charge in [0, 0.05) is 6.42 Å². The Bertz CT molecular complexity index is 757. The van der Waals surface area contributed by atoms with Gasteiger partial charge in [-0.2, -0.15) is 5.01 Å². The van der Waals surface area contributed by atoms with E-state index in [2.05, 4.69) is 10.7 Å². The van der Waals surface area contributed by atoms with Crippen LogP contribution in [0.1, 0.15) is 24.7 Å². The van der Waals surface area contributed by atoms with Crippen molar-refractivity contribution in [3.63, 3.8) is 0 Å². The SMILES string of the molecule is C[C@]1(c2ccco2)NC(=O)N(NC(=O)CCc2ccccc2)C1=O. The third-order valence-corrected chi connectivity index (χ3v) is 3.92. The molecule has 1 aliphatic rings. The van der Waals surface area contributed by atoms with Crippen molar-refractivity contribution in [3.8, 4) is 0 Å². The normalized spacial score (nSPS) is 20.1. The topological polar surface area (TPSA) is 91.7 Å². The number of benzene rings is 1. The van der Waals surface area contributed by atoms with Crippen LogP contribution in [0.25, 0.3) is 0 Å². The maximum absolute atomic E-state index is 12.5. The van der Waals surface area contributed by atoms with Gasteiger partial charge in [0.2, 0.25) is 5.91 Å². The van der Waals surface area contributed by atoms with Crippen molar-refractivity contribution < 1.29 is 18.8 Å². The number of hydrogen-bond donors (Lipinski definition) is 2. The molecule has 0 saturated carbocycles. The first kappa shape index (κ1) is 15.8. The molecule has 4 amide bonds. The molecule has 7 nitrogen and oxygen atoms in total. The van der Waals surface area contributed by atoms with Crippen molar-refractivity contribution in [3.05, 3.63) is 60.1 Å². The minimum atomic E-state index is -1.33. The third kappa shape index (κ3) is 2.88. The van der Waals surface area contributed by atoms with Crippen LogP contribution in [0.5, 0.6) is 0 Å². The number of imide groups is 1. The summed E-state index contributed by atoms with van der Waals surface area (Å²) < 4.78 is 5.22. The number of aryl methyl sites for hydroxylation is 1. The fourth-order valence-corrected chi connectivity index (χ4v) is 2.55. The molecule has 3 rings (SSSR count). The number of nitrogens with one attached hydrogen (secondary N) is 2. The molecule has 1 aliphatic heterocycles. The monoisotopic (exact) mass is 327 g/mol. The number of carbonyl (C=O) groups is 3. The molecule has 0 radical (unpaired) electrons. The van der Waals surface area contributed by atoms with E-state index in [1.807, 2.05) is 30.3 Å². The second kappa shape index (κ2) is 6.19. The summed E-state index contributed by atoms with van der Waals surface area (Å²) in [5.41, 5.74) is 2.04. The molecule has 2 aromatic rings. The van der Waals surface area contributed by atoms with Gasteiger partial charge in [-0.15, -0.1) is 0 Å². The predicted octanol–water partition coefficient (Wildman–Crippen LogP) is 1.71. The number of hydrazine groups is 1. The summed E-state index contributed by atoms with van der Waals surface area (Å²) in [4.78, 5) is 36.6. The van der Waals surface area contributed by atoms with Crippen molar-refractivity contribution in [1.29, 1.82) is 0 Å². The molecule has 0 bridgehead atoms. The number of carbonyl (C=O) groups excluding carboxylic acids is 3. The summed E-state index contributed by atoms with van der Waals surface area (Å²) in [5, 5.41) is 3.24. The quantitative estimate of drug-likeness (QED) is 0.818. The number of hydrogen-bond acceptors (Lipinski definition) is 4. The Morgan fingerprint density at radius 1 is 1.21 bits per heavy atom. The highest BCUT2D eigenvalue weighted by molar-refractivity contribution is 6.07. The van der Waals surface area contributed by atoms with E-state index in [-0.39, 0.29) is 6.42 Å². The van der Waals surface area contributed by atoms with Gasteiger partial charge >= 0.3 is 6.03 Å². The van der Waals surface area contributed by atoms with Crippen LogP contribution in [-0.4, -0.2) is 22.9 Å². The van der Waals surface area contributed by atoms with Crippen molar-refractivity contribution in [2.75, 3.05) is 0 Å². The molecule has 24 heavy (non-hydrogen) atoms. The molecular formula is C17H17N3O4. The van der Waals surface area contributed by atoms with Gasteiger partial charge < -0.3 is 9.73 Å². The zero-order chi connectivity index (χ0) is 17.2. The molecule has 1 saturated heterocycles. The van der Waals surface area contributed by atoms with Crippen molar-refractivity contribution in [1.82, 2.24) is 15.8 Å². The lowest BCUT2D eigenvalue weighted by Crippen LogP contribution is -2.47. The van der Waals surface area contributed by atoms with Crippen LogP contribution >= 0.6 is 0 Å². The summed E-state index contributed by atoms with van der Waals surface area (Å²) >= 11 is 0. The van der Waals surface area contributed by atoms with E-state index in [0.717, 1.165) is 5.56 Å². The van der Waals surface area contributed by atoms with E-state index < -0.39 is 23.4 Å². The van der Waals surface area contributed by atoms with Crippen molar-refractivity contribution >= 4 is 17.8 Å². The number of nitrogens with zero attached hydrogens (tertiary/aromatic N) is 1. The lowest BCUT2D eigenvalue weighted by atomic mass is 10.00. The molecule has 2 heterocycles. The molecule has 0 spiro atoms. The Morgan fingerprint density at radius 3 is 2.62 bits per heavy atom. The number of rotatable bonds is 5. The van der Waals surface area contributed by atoms with E-state index in [1.54, 1.807) is 12.1 Å². The highest BCUT2D eigenvalue weighted by Gasteiger charge is 2.51. The Balaban J connectivity index is 1.64. The summed E-state index contributed by atoms with van der Waals surface area (Å²) in [5.74, 6) is -0.691. The van der Waals surface area contributed by atoms with E-state index in [4.69, 9.17) is 4.42 Å². The second-order valence-corrected chi connectivity index (χ2v) is 5.69. The predicted molar refractivity (Wildman–Crippen MR) is 84.3 cm³/mol. The smallest absolute Gasteiger partial charge is 0.344 e. The van der Waals surface area contributed by atoms with Crippen LogP contribution in [0.15, 0.2) is 53.1 Å². The zero-order valence-electron chi connectivity index (χ0n) is 13.1. The van der Waals surface area contributed by atoms with E-state index in [0.29, 0.717) is 17.2 Å². The van der Waals surface area contributed by atoms with Gasteiger partial charge in [-0.25, -0.2) is 4.79 Å². The van der Waals surface area contributed by atoms with Crippen molar-refractivity contribution in [2.45, 2.75) is 25.3 Å². The van der Waals surface area contributed by atoms with Crippen LogP contribution in [-0.2, 0) is 21.5 Å². The standard InChI is InChI=1S/C17H17N3O4/c1-17(13-8-5-11-24-13)15(22)20(16(23)18-17)19-14(21)10-9-12-6-3-2-4-7-12/h2-8,11H,9-10H2,1H3,(H,18,23)(H,19,21)/t17-/m1/s1. The van der Waals surface area contributed by atoms with E-state index in [1.165, 1.54) is 13.2 Å². The first-order chi connectivity index (χ1) is 11.5. The molecule has 1 atom stereocenters. The fourth-order valence-electron chi connectivity index (χ4n) is 2.55. The molecule has 7 heteroatoms. The summed E-state index contributed by atoms with van der Waals surface area (Å²) in [6.07, 6.45) is 2.10. The number of furan rings is 1. The molecular weight excluding hydrogens is 310 g/mol. The largest absolute Gasteiger partial charge is 0.466 e. The first-order valence-electron chi connectivity index (χ1n) is 7.55. The van der Waals surface area contributed by atoms with Crippen LogP contribution in [0.3, 0.4) is 0 Å². The number of amides is 4. The summed E-state index contributed by atoms with van der Waals surface area (Å²) in [6.45, 7) is 1.53. The molecule has 0 aliphatic carbocycles. The third-order valence-electron chi connectivity index (χ3n) is 3.92. The van der Waals surface area contributed by atoms with Gasteiger partial charge in [-0.05, 0) is 31.0 Å². The summed E-state index contributed by atoms with van der Waals surface area (Å²) in [6, 6.07) is 12.0. The highest BCUT2D eigenvalue weighted by Crippen LogP contribution is 2.28. The van der Waals surface area contributed by atoms with Gasteiger partial charge in [-0.1, -0.05) is 30.3 Å². The zero-order valence-corrected chi connectivity index (χ0v) is 13.1. The summed E-state index contributed by atoms with van der Waals surface area (Å²) in [7, 11) is 0. The second-order valence-electron chi connectivity index (χ2n) is 5.69. The van der Waals surface area contributed by atoms with Crippen LogP contribution in [0.4, 0.5) is 4.79 Å². The number of urea groups is 1. The minimum Gasteiger partial charge on any atom is -0.466 e. The van der Waals surface area contributed by atoms with Crippen molar-refractivity contribution in [2.24, 2.45) is 0 Å². The van der Waals surface area contributed by atoms with E-state index >= 15 is 0 Å².